The smallest absolute Gasteiger partial charge is 0.266 e. The number of benzene rings is 2. The molecule has 0 saturated carbocycles. The van der Waals surface area contributed by atoms with Crippen LogP contribution in [0.3, 0.4) is 0 Å². The Hall–Kier alpha value is -2.97. The van der Waals surface area contributed by atoms with Crippen LogP contribution in [0.25, 0.3) is 6.08 Å². The van der Waals surface area contributed by atoms with Crippen LogP contribution >= 0.6 is 11.6 Å². The van der Waals surface area contributed by atoms with Gasteiger partial charge >= 0.3 is 0 Å². The molecule has 2 aromatic rings. The normalized spacial score (nSPS) is 10.8. The third-order valence-electron chi connectivity index (χ3n) is 2.78. The molecule has 0 aliphatic heterocycles. The van der Waals surface area contributed by atoms with Crippen molar-refractivity contribution in [1.29, 1.82) is 5.26 Å². The molecule has 6 heteroatoms. The van der Waals surface area contributed by atoms with Crippen molar-refractivity contribution in [3.05, 3.63) is 58.6 Å². The molecule has 110 valence electrons. The molecule has 2 rings (SSSR count). The Morgan fingerprint density at radius 2 is 1.86 bits per heavy atom. The SMILES string of the molecule is N#C/C(=C\c1cc(Cl)ccc1O)C(=O)Nc1ccc(O)cc1. The highest BCUT2D eigenvalue weighted by atomic mass is 35.5. The molecular weight excluding hydrogens is 304 g/mol. The first-order chi connectivity index (χ1) is 10.5. The van der Waals surface area contributed by atoms with Crippen LogP contribution in [0.1, 0.15) is 5.56 Å². The molecule has 3 N–H and O–H groups in total. The predicted octanol–water partition coefficient (Wildman–Crippen LogP) is 3.30. The monoisotopic (exact) mass is 314 g/mol. The summed E-state index contributed by atoms with van der Waals surface area (Å²) in [4.78, 5) is 12.1. The van der Waals surface area contributed by atoms with Crippen molar-refractivity contribution in [3.8, 4) is 17.6 Å². The van der Waals surface area contributed by atoms with Crippen LogP contribution in [0.5, 0.6) is 11.5 Å². The van der Waals surface area contributed by atoms with Crippen LogP contribution in [0, 0.1) is 11.3 Å². The minimum atomic E-state index is -0.632. The van der Waals surface area contributed by atoms with Crippen LogP contribution in [0.4, 0.5) is 5.69 Å². The molecule has 22 heavy (non-hydrogen) atoms. The van der Waals surface area contributed by atoms with E-state index in [2.05, 4.69) is 5.32 Å². The summed E-state index contributed by atoms with van der Waals surface area (Å²) in [6.45, 7) is 0. The highest BCUT2D eigenvalue weighted by Gasteiger charge is 2.11. The number of nitrogens with zero attached hydrogens (tertiary/aromatic N) is 1. The lowest BCUT2D eigenvalue weighted by atomic mass is 10.1. The zero-order valence-corrected chi connectivity index (χ0v) is 12.0. The van der Waals surface area contributed by atoms with Gasteiger partial charge < -0.3 is 15.5 Å². The average molecular weight is 315 g/mol. The largest absolute Gasteiger partial charge is 0.508 e. The number of phenolic OH excluding ortho intramolecular Hbond substituents is 2. The van der Waals surface area contributed by atoms with Crippen molar-refractivity contribution >= 4 is 29.3 Å². The molecule has 0 aliphatic rings. The number of amides is 1. The lowest BCUT2D eigenvalue weighted by molar-refractivity contribution is -0.112. The van der Waals surface area contributed by atoms with E-state index in [1.54, 1.807) is 6.07 Å². The molecule has 0 bridgehead atoms. The summed E-state index contributed by atoms with van der Waals surface area (Å²) in [7, 11) is 0. The number of carbonyl (C=O) groups excluding carboxylic acids is 1. The number of hydrogen-bond acceptors (Lipinski definition) is 4. The zero-order valence-electron chi connectivity index (χ0n) is 11.2. The number of nitrogens with one attached hydrogen (secondary N) is 1. The topological polar surface area (TPSA) is 93.3 Å². The number of rotatable bonds is 3. The first kappa shape index (κ1) is 15.4. The quantitative estimate of drug-likeness (QED) is 0.460. The second-order valence-electron chi connectivity index (χ2n) is 4.37. The molecule has 0 aliphatic carbocycles. The summed E-state index contributed by atoms with van der Waals surface area (Å²) in [6, 6.07) is 11.9. The van der Waals surface area contributed by atoms with Crippen molar-refractivity contribution in [2.75, 3.05) is 5.32 Å². The maximum Gasteiger partial charge on any atom is 0.266 e. The molecule has 0 aromatic heterocycles. The van der Waals surface area contributed by atoms with Gasteiger partial charge in [-0.2, -0.15) is 5.26 Å². The van der Waals surface area contributed by atoms with Crippen molar-refractivity contribution in [2.24, 2.45) is 0 Å². The molecular formula is C16H11ClN2O3. The second kappa shape index (κ2) is 6.66. The van der Waals surface area contributed by atoms with Gasteiger partial charge in [-0.25, -0.2) is 0 Å². The van der Waals surface area contributed by atoms with Crippen molar-refractivity contribution in [2.45, 2.75) is 0 Å². The zero-order chi connectivity index (χ0) is 16.1. The Balaban J connectivity index is 2.25. The summed E-state index contributed by atoms with van der Waals surface area (Å²) < 4.78 is 0. The third-order valence-corrected chi connectivity index (χ3v) is 3.01. The number of hydrogen-bond donors (Lipinski definition) is 3. The Morgan fingerprint density at radius 3 is 2.50 bits per heavy atom. The van der Waals surface area contributed by atoms with Gasteiger partial charge in [-0.05, 0) is 48.5 Å². The number of nitriles is 1. The minimum Gasteiger partial charge on any atom is -0.508 e. The van der Waals surface area contributed by atoms with Crippen molar-refractivity contribution in [3.63, 3.8) is 0 Å². The van der Waals surface area contributed by atoms with Crippen LogP contribution in [0.15, 0.2) is 48.0 Å². The summed E-state index contributed by atoms with van der Waals surface area (Å²) >= 11 is 5.82. The van der Waals surface area contributed by atoms with E-state index in [9.17, 15) is 15.0 Å². The number of carbonyl (C=O) groups is 1. The third kappa shape index (κ3) is 3.78. The van der Waals surface area contributed by atoms with Crippen LogP contribution in [-0.2, 0) is 4.79 Å². The minimum absolute atomic E-state index is 0.0675. The molecule has 2 aromatic carbocycles. The van der Waals surface area contributed by atoms with Gasteiger partial charge in [-0.15, -0.1) is 0 Å². The van der Waals surface area contributed by atoms with E-state index < -0.39 is 5.91 Å². The van der Waals surface area contributed by atoms with Gasteiger partial charge in [0.05, 0.1) is 0 Å². The maximum absolute atomic E-state index is 12.1. The number of halogens is 1. The lowest BCUT2D eigenvalue weighted by Crippen LogP contribution is -2.13. The van der Waals surface area contributed by atoms with E-state index in [0.717, 1.165) is 0 Å². The fourth-order valence-electron chi connectivity index (χ4n) is 1.69. The molecule has 0 heterocycles. The first-order valence-corrected chi connectivity index (χ1v) is 6.58. The predicted molar refractivity (Wildman–Crippen MR) is 83.4 cm³/mol. The summed E-state index contributed by atoms with van der Waals surface area (Å²) in [5.41, 5.74) is 0.509. The molecule has 0 radical (unpaired) electrons. The van der Waals surface area contributed by atoms with Gasteiger partial charge in [-0.3, -0.25) is 4.79 Å². The second-order valence-corrected chi connectivity index (χ2v) is 4.81. The van der Waals surface area contributed by atoms with Crippen molar-refractivity contribution in [1.82, 2.24) is 0 Å². The molecule has 0 spiro atoms. The molecule has 5 nitrogen and oxygen atoms in total. The Labute approximate surface area is 131 Å². The van der Waals surface area contributed by atoms with E-state index in [0.29, 0.717) is 10.7 Å². The molecule has 0 unspecified atom stereocenters. The fraction of sp³-hybridized carbons (Fsp3) is 0. The van der Waals surface area contributed by atoms with E-state index >= 15 is 0 Å². The van der Waals surface area contributed by atoms with Gasteiger partial charge in [0.15, 0.2) is 0 Å². The van der Waals surface area contributed by atoms with Crippen LogP contribution in [-0.4, -0.2) is 16.1 Å². The summed E-state index contributed by atoms with van der Waals surface area (Å²) in [6.07, 6.45) is 1.25. The van der Waals surface area contributed by atoms with E-state index in [-0.39, 0.29) is 22.6 Å². The standard InChI is InChI=1S/C16H11ClN2O3/c17-12-1-6-15(21)10(8-12)7-11(9-18)16(22)19-13-2-4-14(20)5-3-13/h1-8,20-21H,(H,19,22)/b11-7+. The number of anilines is 1. The van der Waals surface area contributed by atoms with Gasteiger partial charge in [-0.1, -0.05) is 11.6 Å². The fourth-order valence-corrected chi connectivity index (χ4v) is 1.87. The Morgan fingerprint density at radius 1 is 1.18 bits per heavy atom. The van der Waals surface area contributed by atoms with Crippen molar-refractivity contribution < 1.29 is 15.0 Å². The van der Waals surface area contributed by atoms with E-state index in [1.807, 2.05) is 0 Å². The lowest BCUT2D eigenvalue weighted by Gasteiger charge is -2.05. The summed E-state index contributed by atoms with van der Waals surface area (Å²) in [5, 5.41) is 30.9. The van der Waals surface area contributed by atoms with Crippen LogP contribution in [0.2, 0.25) is 5.02 Å². The Kier molecular flexibility index (Phi) is 4.66. The number of aromatic hydroxyl groups is 2. The van der Waals surface area contributed by atoms with Gasteiger partial charge in [0.1, 0.15) is 23.1 Å². The van der Waals surface area contributed by atoms with E-state index in [1.165, 1.54) is 48.5 Å². The molecule has 0 fully saturated rings. The van der Waals surface area contributed by atoms with Crippen LogP contribution < -0.4 is 5.32 Å². The maximum atomic E-state index is 12.1. The molecule has 1 amide bonds. The van der Waals surface area contributed by atoms with Gasteiger partial charge in [0, 0.05) is 16.3 Å². The van der Waals surface area contributed by atoms with E-state index in [4.69, 9.17) is 16.9 Å². The highest BCUT2D eigenvalue weighted by Crippen LogP contribution is 2.24. The van der Waals surface area contributed by atoms with Gasteiger partial charge in [0.25, 0.3) is 5.91 Å². The number of phenols is 2. The molecule has 0 atom stereocenters. The highest BCUT2D eigenvalue weighted by molar-refractivity contribution is 6.30. The first-order valence-electron chi connectivity index (χ1n) is 6.20. The van der Waals surface area contributed by atoms with Gasteiger partial charge in [0.2, 0.25) is 0 Å². The Bertz CT molecular complexity index is 777. The molecule has 0 saturated heterocycles. The average Bonchev–Trinajstić information content (AvgIpc) is 2.50. The summed E-state index contributed by atoms with van der Waals surface area (Å²) in [5.74, 6) is -0.653.